The molecule has 0 aromatic rings. The summed E-state index contributed by atoms with van der Waals surface area (Å²) in [6.07, 6.45) is 9.40. The fraction of sp³-hybridized carbons (Fsp3) is 0.941. The molecule has 2 aliphatic rings. The number of carbonyl (C=O) groups is 1. The molecule has 3 N–H and O–H groups in total. The van der Waals surface area contributed by atoms with Crippen molar-refractivity contribution >= 4 is 5.91 Å². The second kappa shape index (κ2) is 6.05. The van der Waals surface area contributed by atoms with Crippen molar-refractivity contribution in [3.8, 4) is 0 Å². The number of nitrogens with two attached hydrogens (primary N) is 1. The summed E-state index contributed by atoms with van der Waals surface area (Å²) in [5, 5.41) is 5.78. The Hall–Kier alpha value is -0.570. The normalized spacial score (nSPS) is 27.2. The van der Waals surface area contributed by atoms with Gasteiger partial charge in [-0.05, 0) is 46.5 Å². The summed E-state index contributed by atoms with van der Waals surface area (Å²) in [6.45, 7) is 9.14. The highest BCUT2D eigenvalue weighted by molar-refractivity contribution is 5.76. The highest BCUT2D eigenvalue weighted by Crippen LogP contribution is 2.27. The lowest BCUT2D eigenvalue weighted by molar-refractivity contribution is -0.787. The molecule has 1 aliphatic carbocycles. The summed E-state index contributed by atoms with van der Waals surface area (Å²) < 4.78 is 0. The standard InChI is InChI=1S/C17H32N2O/c1-16(2)11-14(12-17(3,4)19-16)18-15(20)10-13-8-6-5-7-9-13/h13-14,19H,5-12H2,1-4H3,(H,18,20)/p+1. The Morgan fingerprint density at radius 1 is 1.05 bits per heavy atom. The van der Waals surface area contributed by atoms with Crippen LogP contribution in [0.4, 0.5) is 0 Å². The second-order valence-electron chi connectivity index (χ2n) is 8.50. The zero-order valence-corrected chi connectivity index (χ0v) is 13.8. The summed E-state index contributed by atoms with van der Waals surface area (Å²) in [5.41, 5.74) is 0.453. The zero-order valence-electron chi connectivity index (χ0n) is 13.8. The highest BCUT2D eigenvalue weighted by atomic mass is 16.1. The lowest BCUT2D eigenvalue weighted by Gasteiger charge is -2.43. The molecule has 1 amide bonds. The number of quaternary nitrogens is 1. The van der Waals surface area contributed by atoms with E-state index in [1.54, 1.807) is 0 Å². The molecule has 2 rings (SSSR count). The summed E-state index contributed by atoms with van der Waals surface area (Å²) in [6, 6.07) is 0.348. The molecule has 0 spiro atoms. The zero-order chi connectivity index (χ0) is 14.8. The van der Waals surface area contributed by atoms with E-state index >= 15 is 0 Å². The molecule has 3 nitrogen and oxygen atoms in total. The Kier molecular flexibility index (Phi) is 4.78. The first-order valence-electron chi connectivity index (χ1n) is 8.42. The van der Waals surface area contributed by atoms with E-state index in [4.69, 9.17) is 0 Å². The van der Waals surface area contributed by atoms with Gasteiger partial charge in [-0.3, -0.25) is 4.79 Å². The molecule has 2 fully saturated rings. The van der Waals surface area contributed by atoms with E-state index in [0.717, 1.165) is 19.3 Å². The molecular formula is C17H33N2O+. The van der Waals surface area contributed by atoms with Gasteiger partial charge in [-0.25, -0.2) is 0 Å². The molecule has 1 saturated heterocycles. The van der Waals surface area contributed by atoms with Crippen LogP contribution in [0.1, 0.15) is 79.1 Å². The lowest BCUT2D eigenvalue weighted by Crippen LogP contribution is -3.06. The van der Waals surface area contributed by atoms with Gasteiger partial charge in [-0.1, -0.05) is 19.3 Å². The largest absolute Gasteiger partial charge is 0.353 e. The molecule has 20 heavy (non-hydrogen) atoms. The molecule has 3 heteroatoms. The van der Waals surface area contributed by atoms with Gasteiger partial charge in [-0.2, -0.15) is 0 Å². The van der Waals surface area contributed by atoms with E-state index in [1.165, 1.54) is 32.1 Å². The van der Waals surface area contributed by atoms with E-state index < -0.39 is 0 Å². The first-order chi connectivity index (χ1) is 9.26. The molecule has 1 aliphatic heterocycles. The number of carbonyl (C=O) groups excluding carboxylic acids is 1. The summed E-state index contributed by atoms with van der Waals surface area (Å²) in [5.74, 6) is 0.926. The van der Waals surface area contributed by atoms with E-state index in [1.807, 2.05) is 0 Å². The van der Waals surface area contributed by atoms with Crippen LogP contribution in [0.5, 0.6) is 0 Å². The minimum atomic E-state index is 0.227. The molecule has 1 saturated carbocycles. The maximum absolute atomic E-state index is 12.3. The Morgan fingerprint density at radius 2 is 1.60 bits per heavy atom. The third-order valence-corrected chi connectivity index (χ3v) is 4.89. The van der Waals surface area contributed by atoms with Crippen LogP contribution in [0, 0.1) is 5.92 Å². The minimum Gasteiger partial charge on any atom is -0.353 e. The first kappa shape index (κ1) is 15.8. The number of hydrogen-bond donors (Lipinski definition) is 2. The third kappa shape index (κ3) is 4.76. The predicted molar refractivity (Wildman–Crippen MR) is 82.4 cm³/mol. The van der Waals surface area contributed by atoms with Gasteiger partial charge in [0, 0.05) is 25.3 Å². The Bertz CT molecular complexity index is 327. The number of rotatable bonds is 3. The van der Waals surface area contributed by atoms with Crippen LogP contribution in [0.3, 0.4) is 0 Å². The van der Waals surface area contributed by atoms with E-state index in [-0.39, 0.29) is 17.0 Å². The average molecular weight is 281 g/mol. The summed E-state index contributed by atoms with van der Waals surface area (Å²) >= 11 is 0. The molecule has 0 aromatic heterocycles. The topological polar surface area (TPSA) is 45.7 Å². The van der Waals surface area contributed by atoms with Gasteiger partial charge in [0.15, 0.2) is 0 Å². The average Bonchev–Trinajstić information content (AvgIpc) is 2.25. The molecule has 0 radical (unpaired) electrons. The first-order valence-corrected chi connectivity index (χ1v) is 8.42. The van der Waals surface area contributed by atoms with Crippen molar-refractivity contribution in [1.82, 2.24) is 5.32 Å². The minimum absolute atomic E-state index is 0.227. The Balaban J connectivity index is 1.83. The van der Waals surface area contributed by atoms with E-state index in [2.05, 4.69) is 38.3 Å². The van der Waals surface area contributed by atoms with E-state index in [9.17, 15) is 4.79 Å². The summed E-state index contributed by atoms with van der Waals surface area (Å²) in [4.78, 5) is 12.3. The van der Waals surface area contributed by atoms with Gasteiger partial charge in [0.1, 0.15) is 0 Å². The molecule has 0 bridgehead atoms. The van der Waals surface area contributed by atoms with Crippen molar-refractivity contribution in [2.45, 2.75) is 96.2 Å². The van der Waals surface area contributed by atoms with Crippen LogP contribution in [0.25, 0.3) is 0 Å². The molecule has 116 valence electrons. The predicted octanol–water partition coefficient (Wildman–Crippen LogP) is 2.36. The molecule has 0 aromatic carbocycles. The highest BCUT2D eigenvalue weighted by Gasteiger charge is 2.42. The van der Waals surface area contributed by atoms with Gasteiger partial charge >= 0.3 is 0 Å². The molecular weight excluding hydrogens is 248 g/mol. The maximum atomic E-state index is 12.3. The van der Waals surface area contributed by atoms with Crippen molar-refractivity contribution in [2.75, 3.05) is 0 Å². The van der Waals surface area contributed by atoms with Crippen LogP contribution >= 0.6 is 0 Å². The number of piperidine rings is 1. The fourth-order valence-corrected chi connectivity index (χ4v) is 4.56. The van der Waals surface area contributed by atoms with Crippen LogP contribution in [0.2, 0.25) is 0 Å². The molecule has 0 atom stereocenters. The number of nitrogens with one attached hydrogen (secondary N) is 1. The van der Waals surface area contributed by atoms with Gasteiger partial charge in [0.05, 0.1) is 11.1 Å². The number of hydrogen-bond acceptors (Lipinski definition) is 1. The van der Waals surface area contributed by atoms with Crippen LogP contribution in [-0.2, 0) is 4.79 Å². The fourth-order valence-electron chi connectivity index (χ4n) is 4.56. The molecule has 1 heterocycles. The van der Waals surface area contributed by atoms with Gasteiger partial charge < -0.3 is 10.6 Å². The maximum Gasteiger partial charge on any atom is 0.220 e. The quantitative estimate of drug-likeness (QED) is 0.819. The molecule has 0 unspecified atom stereocenters. The van der Waals surface area contributed by atoms with Crippen molar-refractivity contribution in [2.24, 2.45) is 5.92 Å². The monoisotopic (exact) mass is 281 g/mol. The van der Waals surface area contributed by atoms with E-state index in [0.29, 0.717) is 12.0 Å². The summed E-state index contributed by atoms with van der Waals surface area (Å²) in [7, 11) is 0. The number of amides is 1. The van der Waals surface area contributed by atoms with Gasteiger partial charge in [0.25, 0.3) is 0 Å². The van der Waals surface area contributed by atoms with Crippen molar-refractivity contribution < 1.29 is 10.1 Å². The van der Waals surface area contributed by atoms with Crippen LogP contribution < -0.4 is 10.6 Å². The van der Waals surface area contributed by atoms with Gasteiger partial charge in [-0.15, -0.1) is 0 Å². The second-order valence-corrected chi connectivity index (χ2v) is 8.50. The van der Waals surface area contributed by atoms with Crippen molar-refractivity contribution in [3.63, 3.8) is 0 Å². The Labute approximate surface area is 124 Å². The Morgan fingerprint density at radius 3 is 2.15 bits per heavy atom. The van der Waals surface area contributed by atoms with Crippen molar-refractivity contribution in [1.29, 1.82) is 0 Å². The SMILES string of the molecule is CC1(C)CC(NC(=O)CC2CCCCC2)CC(C)(C)[NH2+]1. The van der Waals surface area contributed by atoms with Gasteiger partial charge in [0.2, 0.25) is 5.91 Å². The third-order valence-electron chi connectivity index (χ3n) is 4.89. The lowest BCUT2D eigenvalue weighted by atomic mass is 9.79. The van der Waals surface area contributed by atoms with Crippen LogP contribution in [0.15, 0.2) is 0 Å². The smallest absolute Gasteiger partial charge is 0.220 e. The van der Waals surface area contributed by atoms with Crippen LogP contribution in [-0.4, -0.2) is 23.0 Å². The van der Waals surface area contributed by atoms with Crippen molar-refractivity contribution in [3.05, 3.63) is 0 Å².